The molecule has 0 atom stereocenters. The minimum atomic E-state index is -0.519. The van der Waals surface area contributed by atoms with Crippen LogP contribution >= 0.6 is 0 Å². The van der Waals surface area contributed by atoms with Crippen LogP contribution in [0.5, 0.6) is 5.75 Å². The lowest BCUT2D eigenvalue weighted by Gasteiger charge is -2.32. The van der Waals surface area contributed by atoms with Crippen LogP contribution in [-0.4, -0.2) is 36.5 Å². The molecule has 1 aromatic rings. The Balaban J connectivity index is 2.11. The van der Waals surface area contributed by atoms with Crippen molar-refractivity contribution < 1.29 is 9.53 Å². The largest absolute Gasteiger partial charge is 0.497 e. The van der Waals surface area contributed by atoms with Crippen molar-refractivity contribution in [1.29, 1.82) is 0 Å². The Labute approximate surface area is 121 Å². The van der Waals surface area contributed by atoms with E-state index in [0.29, 0.717) is 12.6 Å². The molecule has 1 amide bonds. The van der Waals surface area contributed by atoms with Gasteiger partial charge in [-0.25, -0.2) is 0 Å². The van der Waals surface area contributed by atoms with Crippen LogP contribution in [0.1, 0.15) is 32.3 Å². The third-order valence-corrected chi connectivity index (χ3v) is 3.92. The number of rotatable bonds is 6. The first-order valence-electron chi connectivity index (χ1n) is 7.11. The lowest BCUT2D eigenvalue weighted by Crippen LogP contribution is -2.53. The predicted octanol–water partition coefficient (Wildman–Crippen LogP) is 2.18. The highest BCUT2D eigenvalue weighted by atomic mass is 16.5. The lowest BCUT2D eigenvalue weighted by atomic mass is 10.0. The number of hydrogen-bond acceptors (Lipinski definition) is 3. The number of benzene rings is 1. The third kappa shape index (κ3) is 3.31. The fourth-order valence-corrected chi connectivity index (χ4v) is 2.15. The van der Waals surface area contributed by atoms with Crippen LogP contribution in [0, 0.1) is 0 Å². The third-order valence-electron chi connectivity index (χ3n) is 3.92. The average Bonchev–Trinajstić information content (AvgIpc) is 3.29. The van der Waals surface area contributed by atoms with Crippen molar-refractivity contribution in [2.24, 2.45) is 0 Å². The van der Waals surface area contributed by atoms with Gasteiger partial charge >= 0.3 is 0 Å². The number of nitrogens with zero attached hydrogens (tertiary/aromatic N) is 1. The molecule has 0 aliphatic heterocycles. The van der Waals surface area contributed by atoms with Crippen LogP contribution in [0.15, 0.2) is 24.3 Å². The highest BCUT2D eigenvalue weighted by Crippen LogP contribution is 2.30. The number of hydrogen-bond donors (Lipinski definition) is 1. The van der Waals surface area contributed by atoms with E-state index in [4.69, 9.17) is 4.74 Å². The lowest BCUT2D eigenvalue weighted by molar-refractivity contribution is -0.138. The van der Waals surface area contributed by atoms with E-state index in [2.05, 4.69) is 5.32 Å². The van der Waals surface area contributed by atoms with Crippen molar-refractivity contribution in [1.82, 2.24) is 10.2 Å². The summed E-state index contributed by atoms with van der Waals surface area (Å²) in [4.78, 5) is 14.6. The topological polar surface area (TPSA) is 41.6 Å². The Bertz CT molecular complexity index is 464. The van der Waals surface area contributed by atoms with Gasteiger partial charge in [0.05, 0.1) is 12.6 Å². The molecule has 1 N–H and O–H groups in total. The summed E-state index contributed by atoms with van der Waals surface area (Å²) in [6, 6.07) is 8.32. The van der Waals surface area contributed by atoms with Crippen LogP contribution in [0.4, 0.5) is 0 Å². The number of ether oxygens (including phenoxy) is 1. The second-order valence-electron chi connectivity index (χ2n) is 5.89. The van der Waals surface area contributed by atoms with E-state index in [1.165, 1.54) is 0 Å². The molecule has 1 aliphatic carbocycles. The summed E-state index contributed by atoms with van der Waals surface area (Å²) in [5.74, 6) is 1.01. The summed E-state index contributed by atoms with van der Waals surface area (Å²) in [5, 5.41) is 3.10. The van der Waals surface area contributed by atoms with Gasteiger partial charge in [0.15, 0.2) is 0 Å². The van der Waals surface area contributed by atoms with Crippen molar-refractivity contribution >= 4 is 5.91 Å². The number of nitrogens with one attached hydrogen (secondary N) is 1. The normalized spacial score (nSPS) is 15.0. The molecule has 110 valence electrons. The van der Waals surface area contributed by atoms with E-state index in [1.54, 1.807) is 7.11 Å². The standard InChI is InChI=1S/C16H24N2O2/c1-16(2,17-3)15(19)18(13-7-8-13)11-12-5-9-14(20-4)10-6-12/h5-6,9-10,13,17H,7-8,11H2,1-4H3. The van der Waals surface area contributed by atoms with Crippen molar-refractivity contribution in [2.45, 2.75) is 44.8 Å². The van der Waals surface area contributed by atoms with Crippen LogP contribution < -0.4 is 10.1 Å². The van der Waals surface area contributed by atoms with E-state index in [-0.39, 0.29) is 5.91 Å². The number of methoxy groups -OCH3 is 1. The summed E-state index contributed by atoms with van der Waals surface area (Å²) in [7, 11) is 3.49. The highest BCUT2D eigenvalue weighted by Gasteiger charge is 2.38. The van der Waals surface area contributed by atoms with Gasteiger partial charge in [-0.1, -0.05) is 12.1 Å². The number of carbonyl (C=O) groups is 1. The first kappa shape index (κ1) is 14.9. The second kappa shape index (κ2) is 5.83. The van der Waals surface area contributed by atoms with Gasteiger partial charge in [-0.15, -0.1) is 0 Å². The molecule has 0 bridgehead atoms. The first-order chi connectivity index (χ1) is 9.47. The zero-order chi connectivity index (χ0) is 14.8. The summed E-state index contributed by atoms with van der Waals surface area (Å²) in [6.07, 6.45) is 2.23. The molecular weight excluding hydrogens is 252 g/mol. The fraction of sp³-hybridized carbons (Fsp3) is 0.562. The van der Waals surface area contributed by atoms with Crippen molar-refractivity contribution in [3.05, 3.63) is 29.8 Å². The molecule has 2 rings (SSSR count). The molecule has 0 heterocycles. The van der Waals surface area contributed by atoms with Crippen molar-refractivity contribution in [2.75, 3.05) is 14.2 Å². The quantitative estimate of drug-likeness (QED) is 0.866. The maximum absolute atomic E-state index is 12.6. The zero-order valence-corrected chi connectivity index (χ0v) is 12.8. The number of likely N-dealkylation sites (N-methyl/N-ethyl adjacent to an activating group) is 1. The zero-order valence-electron chi connectivity index (χ0n) is 12.8. The Hall–Kier alpha value is -1.55. The fourth-order valence-electron chi connectivity index (χ4n) is 2.15. The van der Waals surface area contributed by atoms with Gasteiger partial charge in [0.1, 0.15) is 5.75 Å². The van der Waals surface area contributed by atoms with Gasteiger partial charge in [0.25, 0.3) is 0 Å². The SMILES string of the molecule is CNC(C)(C)C(=O)N(Cc1ccc(OC)cc1)C1CC1. The number of amides is 1. The molecule has 4 heteroatoms. The minimum Gasteiger partial charge on any atom is -0.497 e. The maximum Gasteiger partial charge on any atom is 0.242 e. The van der Waals surface area contributed by atoms with Gasteiger partial charge in [-0.2, -0.15) is 0 Å². The molecule has 0 spiro atoms. The molecule has 20 heavy (non-hydrogen) atoms. The summed E-state index contributed by atoms with van der Waals surface area (Å²) >= 11 is 0. The minimum absolute atomic E-state index is 0.165. The van der Waals surface area contributed by atoms with Gasteiger partial charge in [-0.05, 0) is 51.4 Å². The van der Waals surface area contributed by atoms with E-state index in [9.17, 15) is 4.79 Å². The Morgan fingerprint density at radius 1 is 1.35 bits per heavy atom. The smallest absolute Gasteiger partial charge is 0.242 e. The molecular formula is C16H24N2O2. The monoisotopic (exact) mass is 276 g/mol. The summed E-state index contributed by atoms with van der Waals surface area (Å²) < 4.78 is 5.16. The molecule has 1 aliphatic rings. The van der Waals surface area contributed by atoms with Crippen LogP contribution in [-0.2, 0) is 11.3 Å². The van der Waals surface area contributed by atoms with Crippen LogP contribution in [0.25, 0.3) is 0 Å². The van der Waals surface area contributed by atoms with E-state index in [0.717, 1.165) is 24.2 Å². The Morgan fingerprint density at radius 2 is 1.95 bits per heavy atom. The number of carbonyl (C=O) groups excluding carboxylic acids is 1. The molecule has 0 saturated heterocycles. The predicted molar refractivity (Wildman–Crippen MR) is 79.7 cm³/mol. The average molecular weight is 276 g/mol. The van der Waals surface area contributed by atoms with Crippen LogP contribution in [0.2, 0.25) is 0 Å². The molecule has 1 aromatic carbocycles. The molecule has 0 radical (unpaired) electrons. The molecule has 0 unspecified atom stereocenters. The van der Waals surface area contributed by atoms with E-state index >= 15 is 0 Å². The first-order valence-corrected chi connectivity index (χ1v) is 7.11. The van der Waals surface area contributed by atoms with Gasteiger partial charge in [-0.3, -0.25) is 4.79 Å². The van der Waals surface area contributed by atoms with Gasteiger partial charge in [0, 0.05) is 12.6 Å². The molecule has 1 saturated carbocycles. The molecule has 0 aromatic heterocycles. The van der Waals surface area contributed by atoms with Crippen molar-refractivity contribution in [3.63, 3.8) is 0 Å². The van der Waals surface area contributed by atoms with E-state index in [1.807, 2.05) is 50.1 Å². The summed E-state index contributed by atoms with van der Waals surface area (Å²) in [5.41, 5.74) is 0.618. The molecule has 1 fully saturated rings. The molecule has 4 nitrogen and oxygen atoms in total. The van der Waals surface area contributed by atoms with Gasteiger partial charge < -0.3 is 15.0 Å². The highest BCUT2D eigenvalue weighted by molar-refractivity contribution is 5.86. The Morgan fingerprint density at radius 3 is 2.40 bits per heavy atom. The van der Waals surface area contributed by atoms with E-state index < -0.39 is 5.54 Å². The second-order valence-corrected chi connectivity index (χ2v) is 5.89. The van der Waals surface area contributed by atoms with Gasteiger partial charge in [0.2, 0.25) is 5.91 Å². The Kier molecular flexibility index (Phi) is 4.33. The summed E-state index contributed by atoms with van der Waals surface area (Å²) in [6.45, 7) is 4.52. The maximum atomic E-state index is 12.6. The van der Waals surface area contributed by atoms with Crippen LogP contribution in [0.3, 0.4) is 0 Å². The van der Waals surface area contributed by atoms with Crippen molar-refractivity contribution in [3.8, 4) is 5.75 Å².